The lowest BCUT2D eigenvalue weighted by Crippen LogP contribution is -2.40. The summed E-state index contributed by atoms with van der Waals surface area (Å²) < 4.78 is 47.4. The Morgan fingerprint density at radius 2 is 2.24 bits per heavy atom. The fraction of sp³-hybridized carbons (Fsp3) is 0.538. The molecule has 0 spiro atoms. The molecule has 1 saturated heterocycles. The molecule has 1 aliphatic rings. The fourth-order valence-electron chi connectivity index (χ4n) is 2.25. The van der Waals surface area contributed by atoms with Crippen LogP contribution in [0.15, 0.2) is 21.5 Å². The van der Waals surface area contributed by atoms with E-state index in [1.807, 2.05) is 0 Å². The lowest BCUT2D eigenvalue weighted by atomic mass is 10.1. The second kappa shape index (κ2) is 7.15. The van der Waals surface area contributed by atoms with Crippen molar-refractivity contribution in [3.05, 3.63) is 28.0 Å². The van der Waals surface area contributed by atoms with Crippen LogP contribution in [0.3, 0.4) is 0 Å². The van der Waals surface area contributed by atoms with Crippen LogP contribution in [0.25, 0.3) is 0 Å². The summed E-state index contributed by atoms with van der Waals surface area (Å²) in [5.74, 6) is -0.725. The molecule has 0 radical (unpaired) electrons. The van der Waals surface area contributed by atoms with Crippen molar-refractivity contribution in [1.29, 1.82) is 0 Å². The van der Waals surface area contributed by atoms with Gasteiger partial charge in [-0.05, 0) is 32.0 Å². The van der Waals surface area contributed by atoms with E-state index in [0.29, 0.717) is 29.7 Å². The SMILES string of the molecule is CNCc1cc(Br)cc(S(=O)(=O)NC2CCCOC2)c1F. The topological polar surface area (TPSA) is 67.4 Å². The average Bonchev–Trinajstić information content (AvgIpc) is 2.43. The molecule has 0 amide bonds. The van der Waals surface area contributed by atoms with Crippen LogP contribution >= 0.6 is 15.9 Å². The maximum Gasteiger partial charge on any atom is 0.243 e. The second-order valence-electron chi connectivity index (χ2n) is 4.94. The molecule has 0 bridgehead atoms. The second-order valence-corrected chi connectivity index (χ2v) is 7.54. The number of sulfonamides is 1. The molecule has 1 unspecified atom stereocenters. The standard InChI is InChI=1S/C13H18BrFN2O3S/c1-16-7-9-5-10(14)6-12(13(9)15)21(18,19)17-11-3-2-4-20-8-11/h5-6,11,16-17H,2-4,7-8H2,1H3. The van der Waals surface area contributed by atoms with Crippen molar-refractivity contribution in [2.45, 2.75) is 30.3 Å². The highest BCUT2D eigenvalue weighted by Gasteiger charge is 2.26. The highest BCUT2D eigenvalue weighted by atomic mass is 79.9. The number of ether oxygens (including phenoxy) is 1. The Hall–Kier alpha value is -0.540. The first-order valence-corrected chi connectivity index (χ1v) is 8.94. The molecule has 1 heterocycles. The molecule has 5 nitrogen and oxygen atoms in total. The number of halogens is 2. The number of hydrogen-bond donors (Lipinski definition) is 2. The van der Waals surface area contributed by atoms with Crippen molar-refractivity contribution in [3.63, 3.8) is 0 Å². The van der Waals surface area contributed by atoms with Crippen LogP contribution in [0.1, 0.15) is 18.4 Å². The van der Waals surface area contributed by atoms with Crippen LogP contribution in [-0.4, -0.2) is 34.7 Å². The molecule has 0 aliphatic carbocycles. The molecule has 0 aromatic heterocycles. The van der Waals surface area contributed by atoms with E-state index in [1.54, 1.807) is 13.1 Å². The lowest BCUT2D eigenvalue weighted by molar-refractivity contribution is 0.0774. The lowest BCUT2D eigenvalue weighted by Gasteiger charge is -2.23. The first-order valence-electron chi connectivity index (χ1n) is 6.66. The van der Waals surface area contributed by atoms with E-state index in [4.69, 9.17) is 4.74 Å². The summed E-state index contributed by atoms with van der Waals surface area (Å²) in [6.45, 7) is 1.20. The molecule has 8 heteroatoms. The van der Waals surface area contributed by atoms with E-state index >= 15 is 0 Å². The zero-order valence-corrected chi connectivity index (χ0v) is 14.1. The van der Waals surface area contributed by atoms with Gasteiger partial charge in [-0.15, -0.1) is 0 Å². The normalized spacial score (nSPS) is 19.7. The zero-order chi connectivity index (χ0) is 15.5. The molecule has 118 valence electrons. The monoisotopic (exact) mass is 380 g/mol. The minimum Gasteiger partial charge on any atom is -0.380 e. The van der Waals surface area contributed by atoms with Crippen LogP contribution < -0.4 is 10.0 Å². The summed E-state index contributed by atoms with van der Waals surface area (Å²) in [7, 11) is -2.24. The van der Waals surface area contributed by atoms with Gasteiger partial charge in [0.2, 0.25) is 10.0 Å². The Bertz CT molecular complexity index is 604. The first-order chi connectivity index (χ1) is 9.94. The van der Waals surface area contributed by atoms with Crippen LogP contribution in [0, 0.1) is 5.82 Å². The van der Waals surface area contributed by atoms with Gasteiger partial charge in [0.05, 0.1) is 6.61 Å². The average molecular weight is 381 g/mol. The highest BCUT2D eigenvalue weighted by molar-refractivity contribution is 9.10. The Labute approximate surface area is 132 Å². The summed E-state index contributed by atoms with van der Waals surface area (Å²) in [5, 5.41) is 2.82. The molecule has 1 atom stereocenters. The quantitative estimate of drug-likeness (QED) is 0.816. The molecular formula is C13H18BrFN2O3S. The minimum absolute atomic E-state index is 0.250. The largest absolute Gasteiger partial charge is 0.380 e. The van der Waals surface area contributed by atoms with Gasteiger partial charge in [-0.3, -0.25) is 0 Å². The predicted octanol–water partition coefficient (Wildman–Crippen LogP) is 1.76. The van der Waals surface area contributed by atoms with E-state index in [9.17, 15) is 12.8 Å². The zero-order valence-electron chi connectivity index (χ0n) is 11.7. The Kier molecular flexibility index (Phi) is 5.73. The molecule has 1 aromatic carbocycles. The Morgan fingerprint density at radius 3 is 2.86 bits per heavy atom. The molecular weight excluding hydrogens is 363 g/mol. The van der Waals surface area contributed by atoms with Gasteiger partial charge in [-0.1, -0.05) is 15.9 Å². The molecule has 0 saturated carbocycles. The van der Waals surface area contributed by atoms with Gasteiger partial charge in [-0.25, -0.2) is 17.5 Å². The molecule has 1 fully saturated rings. The predicted molar refractivity (Wildman–Crippen MR) is 81.0 cm³/mol. The summed E-state index contributed by atoms with van der Waals surface area (Å²) in [5.41, 5.74) is 0.298. The third kappa shape index (κ3) is 4.23. The molecule has 1 aliphatic heterocycles. The van der Waals surface area contributed by atoms with Gasteiger partial charge in [-0.2, -0.15) is 0 Å². The van der Waals surface area contributed by atoms with Gasteiger partial charge in [0.1, 0.15) is 10.7 Å². The Morgan fingerprint density at radius 1 is 1.48 bits per heavy atom. The molecule has 2 N–H and O–H groups in total. The molecule has 2 rings (SSSR count). The Balaban J connectivity index is 2.30. The van der Waals surface area contributed by atoms with E-state index in [0.717, 1.165) is 6.42 Å². The third-order valence-corrected chi connectivity index (χ3v) is 5.20. The van der Waals surface area contributed by atoms with E-state index in [-0.39, 0.29) is 17.5 Å². The number of rotatable bonds is 5. The van der Waals surface area contributed by atoms with Crippen LogP contribution in [0.2, 0.25) is 0 Å². The van der Waals surface area contributed by atoms with Gasteiger partial charge in [0, 0.05) is 29.2 Å². The van der Waals surface area contributed by atoms with Crippen molar-refractivity contribution in [1.82, 2.24) is 10.0 Å². The summed E-state index contributed by atoms with van der Waals surface area (Å²) in [4.78, 5) is -0.340. The maximum atomic E-state index is 14.4. The molecule has 21 heavy (non-hydrogen) atoms. The van der Waals surface area contributed by atoms with Crippen molar-refractivity contribution < 1.29 is 17.5 Å². The molecule has 1 aromatic rings. The number of nitrogens with one attached hydrogen (secondary N) is 2. The minimum atomic E-state index is -3.92. The van der Waals surface area contributed by atoms with Gasteiger partial charge in [0.15, 0.2) is 0 Å². The van der Waals surface area contributed by atoms with Crippen LogP contribution in [0.4, 0.5) is 4.39 Å². The maximum absolute atomic E-state index is 14.4. The van der Waals surface area contributed by atoms with Crippen molar-refractivity contribution in [3.8, 4) is 0 Å². The van der Waals surface area contributed by atoms with Gasteiger partial charge >= 0.3 is 0 Å². The summed E-state index contributed by atoms with van der Waals surface area (Å²) >= 11 is 3.22. The van der Waals surface area contributed by atoms with Crippen molar-refractivity contribution >= 4 is 26.0 Å². The van der Waals surface area contributed by atoms with Crippen LogP contribution in [0.5, 0.6) is 0 Å². The van der Waals surface area contributed by atoms with Gasteiger partial charge in [0.25, 0.3) is 0 Å². The summed E-state index contributed by atoms with van der Waals surface area (Å²) in [6, 6.07) is 2.53. The van der Waals surface area contributed by atoms with E-state index in [1.165, 1.54) is 6.07 Å². The summed E-state index contributed by atoms with van der Waals surface area (Å²) in [6.07, 6.45) is 1.48. The first kappa shape index (κ1) is 16.8. The smallest absolute Gasteiger partial charge is 0.243 e. The third-order valence-electron chi connectivity index (χ3n) is 3.22. The highest BCUT2D eigenvalue weighted by Crippen LogP contribution is 2.24. The van der Waals surface area contributed by atoms with E-state index in [2.05, 4.69) is 26.0 Å². The van der Waals surface area contributed by atoms with Crippen molar-refractivity contribution in [2.24, 2.45) is 0 Å². The number of benzene rings is 1. The van der Waals surface area contributed by atoms with E-state index < -0.39 is 15.8 Å². The fourth-order valence-corrected chi connectivity index (χ4v) is 4.31. The van der Waals surface area contributed by atoms with Gasteiger partial charge < -0.3 is 10.1 Å². The number of hydrogen-bond acceptors (Lipinski definition) is 4. The van der Waals surface area contributed by atoms with Crippen LogP contribution in [-0.2, 0) is 21.3 Å². The van der Waals surface area contributed by atoms with Crippen molar-refractivity contribution in [2.75, 3.05) is 20.3 Å².